The maximum Gasteiger partial charge on any atom is 0.223 e. The van der Waals surface area contributed by atoms with Gasteiger partial charge in [-0.05, 0) is 60.4 Å². The Labute approximate surface area is 142 Å². The molecule has 126 valence electrons. The number of rotatable bonds is 6. The second kappa shape index (κ2) is 6.30. The maximum atomic E-state index is 12.2. The van der Waals surface area contributed by atoms with Crippen LogP contribution in [0, 0.1) is 5.92 Å². The van der Waals surface area contributed by atoms with Crippen LogP contribution in [0.1, 0.15) is 35.4 Å². The van der Waals surface area contributed by atoms with Crippen molar-refractivity contribution in [2.24, 2.45) is 13.0 Å². The first-order valence-corrected chi connectivity index (χ1v) is 8.71. The van der Waals surface area contributed by atoms with Gasteiger partial charge in [0.15, 0.2) is 0 Å². The molecule has 1 aromatic carbocycles. The molecule has 1 fully saturated rings. The molecule has 0 saturated heterocycles. The number of carbonyl (C=O) groups excluding carboxylic acids is 1. The van der Waals surface area contributed by atoms with Gasteiger partial charge in [0.05, 0.1) is 12.7 Å². The number of nitrogens with one attached hydrogen (secondary N) is 1. The number of hydrogen-bond donors (Lipinski definition) is 1. The Morgan fingerprint density at radius 1 is 1.38 bits per heavy atom. The summed E-state index contributed by atoms with van der Waals surface area (Å²) in [6.07, 6.45) is 8.35. The molecule has 4 rings (SSSR count). The molecule has 0 radical (unpaired) electrons. The van der Waals surface area contributed by atoms with Crippen molar-refractivity contribution in [3.8, 4) is 5.75 Å². The van der Waals surface area contributed by atoms with E-state index in [0.717, 1.165) is 24.2 Å². The average Bonchev–Trinajstić information content (AvgIpc) is 3.04. The highest BCUT2D eigenvalue weighted by atomic mass is 16.5. The number of aromatic nitrogens is 2. The molecule has 24 heavy (non-hydrogen) atoms. The second-order valence-corrected chi connectivity index (χ2v) is 6.82. The van der Waals surface area contributed by atoms with Gasteiger partial charge in [0.25, 0.3) is 0 Å². The summed E-state index contributed by atoms with van der Waals surface area (Å²) in [6, 6.07) is 6.34. The monoisotopic (exact) mass is 325 g/mol. The summed E-state index contributed by atoms with van der Waals surface area (Å²) in [6.45, 7) is 1.06. The largest absolute Gasteiger partial charge is 0.492 e. The summed E-state index contributed by atoms with van der Waals surface area (Å²) in [4.78, 5) is 12.2. The van der Waals surface area contributed by atoms with Crippen LogP contribution < -0.4 is 10.1 Å². The minimum Gasteiger partial charge on any atom is -0.492 e. The number of fused-ring (bicyclic) bond motifs is 1. The van der Waals surface area contributed by atoms with E-state index in [9.17, 15) is 4.79 Å². The predicted octanol–water partition coefficient (Wildman–Crippen LogP) is 2.21. The van der Waals surface area contributed by atoms with Crippen LogP contribution in [-0.4, -0.2) is 28.8 Å². The predicted molar refractivity (Wildman–Crippen MR) is 91.0 cm³/mol. The SMILES string of the molecule is Cn1cc([C@@H]2C[C@@H]2C(=O)NCCOc2ccc3c(c2)CCC3)cn1. The molecular formula is C19H23N3O2. The first-order chi connectivity index (χ1) is 11.7. The molecule has 5 heteroatoms. The minimum atomic E-state index is 0.0918. The van der Waals surface area contributed by atoms with Crippen LogP contribution >= 0.6 is 0 Å². The number of hydrogen-bond acceptors (Lipinski definition) is 3. The number of benzene rings is 1. The van der Waals surface area contributed by atoms with E-state index in [2.05, 4.69) is 22.5 Å². The summed E-state index contributed by atoms with van der Waals surface area (Å²) in [7, 11) is 1.90. The van der Waals surface area contributed by atoms with Crippen molar-refractivity contribution in [1.82, 2.24) is 15.1 Å². The summed E-state index contributed by atoms with van der Waals surface area (Å²) in [5.41, 5.74) is 4.02. The van der Waals surface area contributed by atoms with Gasteiger partial charge in [-0.2, -0.15) is 5.10 Å². The third-order valence-electron chi connectivity index (χ3n) is 5.02. The topological polar surface area (TPSA) is 56.2 Å². The standard InChI is InChI=1S/C19H23N3O2/c1-22-12-15(11-21-22)17-10-18(17)19(23)20-7-8-24-16-6-5-13-3-2-4-14(13)9-16/h5-6,9,11-12,17-18H,2-4,7-8,10H2,1H3,(H,20,23)/t17-,18-/m0/s1. The van der Waals surface area contributed by atoms with Crippen LogP contribution in [0.5, 0.6) is 5.75 Å². The third-order valence-corrected chi connectivity index (χ3v) is 5.02. The van der Waals surface area contributed by atoms with Gasteiger partial charge in [0.2, 0.25) is 5.91 Å². The van der Waals surface area contributed by atoms with E-state index >= 15 is 0 Å². The second-order valence-electron chi connectivity index (χ2n) is 6.82. The maximum absolute atomic E-state index is 12.2. The summed E-state index contributed by atoms with van der Waals surface area (Å²) >= 11 is 0. The Bertz CT molecular complexity index is 753. The van der Waals surface area contributed by atoms with E-state index in [4.69, 9.17) is 4.74 Å². The van der Waals surface area contributed by atoms with Crippen LogP contribution in [0.15, 0.2) is 30.6 Å². The van der Waals surface area contributed by atoms with E-state index in [1.54, 1.807) is 4.68 Å². The Morgan fingerprint density at radius 2 is 2.25 bits per heavy atom. The van der Waals surface area contributed by atoms with Crippen molar-refractivity contribution < 1.29 is 9.53 Å². The molecule has 1 saturated carbocycles. The highest BCUT2D eigenvalue weighted by molar-refractivity contribution is 5.82. The zero-order valence-corrected chi connectivity index (χ0v) is 14.0. The summed E-state index contributed by atoms with van der Waals surface area (Å²) in [5, 5.41) is 7.15. The van der Waals surface area contributed by atoms with Crippen molar-refractivity contribution in [3.05, 3.63) is 47.3 Å². The highest BCUT2D eigenvalue weighted by Crippen LogP contribution is 2.47. The Kier molecular flexibility index (Phi) is 4.00. The molecule has 1 N–H and O–H groups in total. The molecule has 0 unspecified atom stereocenters. The first-order valence-electron chi connectivity index (χ1n) is 8.71. The van der Waals surface area contributed by atoms with Crippen molar-refractivity contribution in [2.75, 3.05) is 13.2 Å². The number of nitrogens with zero attached hydrogens (tertiary/aromatic N) is 2. The molecule has 2 aliphatic carbocycles. The Balaban J connectivity index is 1.20. The summed E-state index contributed by atoms with van der Waals surface area (Å²) < 4.78 is 7.55. The van der Waals surface area contributed by atoms with Gasteiger partial charge in [-0.15, -0.1) is 0 Å². The van der Waals surface area contributed by atoms with Crippen LogP contribution in [0.2, 0.25) is 0 Å². The quantitative estimate of drug-likeness (QED) is 0.829. The Hall–Kier alpha value is -2.30. The van der Waals surface area contributed by atoms with Crippen LogP contribution in [0.3, 0.4) is 0 Å². The normalized spacial score (nSPS) is 21.4. The lowest BCUT2D eigenvalue weighted by Crippen LogP contribution is -2.29. The Morgan fingerprint density at radius 3 is 3.08 bits per heavy atom. The zero-order chi connectivity index (χ0) is 16.5. The molecule has 2 aromatic rings. The number of carbonyl (C=O) groups is 1. The van der Waals surface area contributed by atoms with E-state index in [1.165, 1.54) is 24.0 Å². The highest BCUT2D eigenvalue weighted by Gasteiger charge is 2.44. The van der Waals surface area contributed by atoms with E-state index in [1.807, 2.05) is 25.5 Å². The van der Waals surface area contributed by atoms with Gasteiger partial charge in [-0.3, -0.25) is 9.48 Å². The van der Waals surface area contributed by atoms with Gasteiger partial charge in [0, 0.05) is 19.2 Å². The lowest BCUT2D eigenvalue weighted by Gasteiger charge is -2.09. The van der Waals surface area contributed by atoms with Gasteiger partial charge in [0.1, 0.15) is 12.4 Å². The van der Waals surface area contributed by atoms with Crippen LogP contribution in [0.4, 0.5) is 0 Å². The van der Waals surface area contributed by atoms with Crippen molar-refractivity contribution in [3.63, 3.8) is 0 Å². The lowest BCUT2D eigenvalue weighted by molar-refractivity contribution is -0.122. The fourth-order valence-electron chi connectivity index (χ4n) is 3.60. The lowest BCUT2D eigenvalue weighted by atomic mass is 10.1. The fourth-order valence-corrected chi connectivity index (χ4v) is 3.60. The molecule has 0 bridgehead atoms. The van der Waals surface area contributed by atoms with Crippen LogP contribution in [0.25, 0.3) is 0 Å². The van der Waals surface area contributed by atoms with Crippen molar-refractivity contribution in [2.45, 2.75) is 31.6 Å². The zero-order valence-electron chi connectivity index (χ0n) is 14.0. The molecule has 1 aromatic heterocycles. The van der Waals surface area contributed by atoms with Crippen molar-refractivity contribution >= 4 is 5.91 Å². The average molecular weight is 325 g/mol. The fraction of sp³-hybridized carbons (Fsp3) is 0.474. The molecule has 0 aliphatic heterocycles. The minimum absolute atomic E-state index is 0.0918. The molecular weight excluding hydrogens is 302 g/mol. The smallest absolute Gasteiger partial charge is 0.223 e. The van der Waals surface area contributed by atoms with Gasteiger partial charge < -0.3 is 10.1 Å². The molecule has 5 nitrogen and oxygen atoms in total. The summed E-state index contributed by atoms with van der Waals surface area (Å²) in [5.74, 6) is 1.46. The van der Waals surface area contributed by atoms with Crippen molar-refractivity contribution in [1.29, 1.82) is 0 Å². The molecule has 0 spiro atoms. The molecule has 1 heterocycles. The first kappa shape index (κ1) is 15.2. The van der Waals surface area contributed by atoms with Gasteiger partial charge >= 0.3 is 0 Å². The van der Waals surface area contributed by atoms with E-state index < -0.39 is 0 Å². The van der Waals surface area contributed by atoms with Gasteiger partial charge in [-0.1, -0.05) is 6.07 Å². The molecule has 1 amide bonds. The third kappa shape index (κ3) is 3.16. The number of ether oxygens (including phenoxy) is 1. The molecule has 2 aliphatic rings. The number of amides is 1. The van der Waals surface area contributed by atoms with Crippen LogP contribution in [-0.2, 0) is 24.7 Å². The van der Waals surface area contributed by atoms with E-state index in [-0.39, 0.29) is 11.8 Å². The number of aryl methyl sites for hydroxylation is 3. The van der Waals surface area contributed by atoms with Gasteiger partial charge in [-0.25, -0.2) is 0 Å². The molecule has 2 atom stereocenters. The van der Waals surface area contributed by atoms with E-state index in [0.29, 0.717) is 19.1 Å².